The summed E-state index contributed by atoms with van der Waals surface area (Å²) in [6.07, 6.45) is 0. The summed E-state index contributed by atoms with van der Waals surface area (Å²) in [5.74, 6) is 0. The van der Waals surface area contributed by atoms with Gasteiger partial charge in [0.1, 0.15) is 0 Å². The molecule has 0 spiro atoms. The number of benzene rings is 2. The second-order valence-electron chi connectivity index (χ2n) is 26.0. The van der Waals surface area contributed by atoms with E-state index in [9.17, 15) is 0 Å². The van der Waals surface area contributed by atoms with Crippen molar-refractivity contribution in [1.29, 1.82) is 0 Å². The molecule has 2 aromatic rings. The molecule has 4 radical (unpaired) electrons. The Kier molecular flexibility index (Phi) is 19.6. The van der Waals surface area contributed by atoms with Crippen molar-refractivity contribution in [1.82, 2.24) is 0 Å². The fraction of sp³-hybridized carbons (Fsp3) is 0.733. The monoisotopic (exact) mass is 1010 g/mol. The van der Waals surface area contributed by atoms with E-state index in [1.165, 1.54) is 5.56 Å². The first-order valence-corrected chi connectivity index (χ1v) is 41.9. The molecule has 1 N–H and O–H groups in total. The Bertz CT molecular complexity index is 1310. The fourth-order valence-electron chi connectivity index (χ4n) is 10.1. The maximum atomic E-state index is 8.56. The van der Waals surface area contributed by atoms with E-state index in [0.29, 0.717) is 5.69 Å². The standard InChI is InChI=1S/C27H59Si6.C18H30N.BrH.Sb/c1-28(2,3)25(29(4,5)6)22-19-23(26(30(7,8)9)31(10,11)12)21-24(20-22)27(32(13,14)15)33(16,17)18;1-16(2,3)12-10-13(17(4,5)6)15(19)14(11-12)18(7,8)9;;/h19-20,25-27H,1-18H3;10-11,19H,1-9H3;1H;/q;-1;;/p-1. The minimum Gasteiger partial charge on any atom is -1.00 e. The molecule has 0 aromatic heterocycles. The van der Waals surface area contributed by atoms with Gasteiger partial charge in [-0.2, -0.15) is 0 Å². The summed E-state index contributed by atoms with van der Waals surface area (Å²) in [5.41, 5.74) is 18.0. The van der Waals surface area contributed by atoms with Crippen LogP contribution in [0.1, 0.15) is 111 Å². The van der Waals surface area contributed by atoms with Crippen LogP contribution >= 0.6 is 0 Å². The molecule has 0 unspecified atom stereocenters. The molecule has 0 saturated heterocycles. The van der Waals surface area contributed by atoms with Crippen molar-refractivity contribution in [2.45, 2.75) is 212 Å². The number of nitrogens with one attached hydrogen (secondary N) is 1. The van der Waals surface area contributed by atoms with E-state index in [4.69, 9.17) is 5.73 Å². The first-order chi connectivity index (χ1) is 22.4. The van der Waals surface area contributed by atoms with Crippen LogP contribution in [0.15, 0.2) is 24.3 Å². The summed E-state index contributed by atoms with van der Waals surface area (Å²) in [6, 6.07) is 14.1. The van der Waals surface area contributed by atoms with Crippen LogP contribution in [-0.2, 0) is 16.2 Å². The summed E-state index contributed by atoms with van der Waals surface area (Å²) < 4.78 is 0. The van der Waals surface area contributed by atoms with Gasteiger partial charge in [0.25, 0.3) is 0 Å². The molecule has 1 nitrogen and oxygen atoms in total. The molecule has 312 valence electrons. The number of hydrogen-bond acceptors (Lipinski definition) is 0. The van der Waals surface area contributed by atoms with E-state index in [1.54, 1.807) is 16.7 Å². The predicted octanol–water partition coefficient (Wildman–Crippen LogP) is 12.9. The molecule has 9 heteroatoms. The Morgan fingerprint density at radius 3 is 0.852 bits per heavy atom. The van der Waals surface area contributed by atoms with Gasteiger partial charge in [0.05, 0.1) is 0 Å². The molecular formula is C45H89BrNSbSi6-2. The van der Waals surface area contributed by atoms with Gasteiger partial charge in [-0.05, 0) is 60.1 Å². The third kappa shape index (κ3) is 15.8. The summed E-state index contributed by atoms with van der Waals surface area (Å²) >= 11 is 0. The zero-order valence-electron chi connectivity index (χ0n) is 40.9. The van der Waals surface area contributed by atoms with E-state index in [0.717, 1.165) is 26.6 Å². The van der Waals surface area contributed by atoms with Gasteiger partial charge in [0.2, 0.25) is 0 Å². The fourth-order valence-corrected chi connectivity index (χ4v) is 48.0. The van der Waals surface area contributed by atoms with Crippen molar-refractivity contribution in [3.05, 3.63) is 69.4 Å². The first-order valence-electron chi connectivity index (χ1n) is 20.4. The quantitative estimate of drug-likeness (QED) is 0.224. The van der Waals surface area contributed by atoms with Crippen molar-refractivity contribution in [2.75, 3.05) is 0 Å². The molecule has 0 aliphatic heterocycles. The molecule has 0 bridgehead atoms. The molecule has 0 atom stereocenters. The smallest absolute Gasteiger partial charge is 0.0493 e. The maximum absolute atomic E-state index is 8.56. The Morgan fingerprint density at radius 2 is 0.667 bits per heavy atom. The van der Waals surface area contributed by atoms with Gasteiger partial charge in [-0.25, -0.2) is 0 Å². The molecule has 2 aromatic carbocycles. The maximum Gasteiger partial charge on any atom is 0.0493 e. The molecule has 0 fully saturated rings. The van der Waals surface area contributed by atoms with E-state index in [1.807, 2.05) is 0 Å². The van der Waals surface area contributed by atoms with Gasteiger partial charge >= 0.3 is 0 Å². The zero-order valence-corrected chi connectivity index (χ0v) is 51.0. The number of rotatable bonds is 9. The second kappa shape index (κ2) is 18.6. The topological polar surface area (TPSA) is 23.8 Å². The van der Waals surface area contributed by atoms with E-state index in [-0.39, 0.29) is 57.7 Å². The summed E-state index contributed by atoms with van der Waals surface area (Å²) in [5, 5.41) is 2.32. The third-order valence-corrected chi connectivity index (χ3v) is 38.6. The van der Waals surface area contributed by atoms with Crippen LogP contribution in [0.4, 0.5) is 5.69 Å². The van der Waals surface area contributed by atoms with Crippen molar-refractivity contribution >= 4 is 78.6 Å². The Labute approximate surface area is 373 Å². The van der Waals surface area contributed by atoms with Crippen molar-refractivity contribution in [3.8, 4) is 0 Å². The SMILES string of the molecule is CC(C)(C)c1cc(C(C)(C)C)c([NH-])c(C(C)(C)C)c1.C[Si](C)(C)C(c1[c]c(C([Si](C)(C)C)[Si](C)(C)C)cc(C([Si](C)(C)C)[Si](C)(C)C)c1)[Si](C)(C)C.[Br-].[Sb]. The first kappa shape index (κ1) is 56.9. The average Bonchev–Trinajstić information content (AvgIpc) is 2.76. The Hall–Kier alpha value is 0.839. The Morgan fingerprint density at radius 1 is 0.426 bits per heavy atom. The summed E-state index contributed by atoms with van der Waals surface area (Å²) in [6.45, 7) is 66.9. The van der Waals surface area contributed by atoms with Gasteiger partial charge < -0.3 is 22.7 Å². The summed E-state index contributed by atoms with van der Waals surface area (Å²) in [4.78, 5) is 0. The third-order valence-electron chi connectivity index (χ3n) is 10.7. The van der Waals surface area contributed by atoms with Crippen molar-refractivity contribution < 1.29 is 17.0 Å². The molecule has 54 heavy (non-hydrogen) atoms. The Balaban J connectivity index is 0. The van der Waals surface area contributed by atoms with Crippen LogP contribution < -0.4 is 17.0 Å². The molecule has 0 amide bonds. The molecule has 0 aliphatic carbocycles. The van der Waals surface area contributed by atoms with Gasteiger partial charge in [-0.1, -0.05) is 216 Å². The van der Waals surface area contributed by atoms with Crippen LogP contribution in [0.5, 0.6) is 0 Å². The minimum absolute atomic E-state index is 0. The van der Waals surface area contributed by atoms with Crippen LogP contribution in [0.2, 0.25) is 118 Å². The van der Waals surface area contributed by atoms with E-state index >= 15 is 0 Å². The van der Waals surface area contributed by atoms with Crippen LogP contribution in [-0.4, -0.2) is 72.9 Å². The van der Waals surface area contributed by atoms with Gasteiger partial charge in [0, 0.05) is 72.9 Å². The second-order valence-corrected chi connectivity index (χ2v) is 59.6. The zero-order chi connectivity index (χ0) is 41.8. The molecule has 2 rings (SSSR count). The van der Waals surface area contributed by atoms with Crippen LogP contribution in [0.25, 0.3) is 5.73 Å². The van der Waals surface area contributed by atoms with Crippen molar-refractivity contribution in [3.63, 3.8) is 0 Å². The minimum atomic E-state index is -1.39. The normalized spacial score (nSPS) is 14.1. The van der Waals surface area contributed by atoms with Gasteiger partial charge in [0.15, 0.2) is 0 Å². The molecule has 0 saturated carbocycles. The summed E-state index contributed by atoms with van der Waals surface area (Å²) in [7, 11) is -8.28. The number of halogens is 1. The van der Waals surface area contributed by atoms with Crippen molar-refractivity contribution in [2.24, 2.45) is 0 Å². The van der Waals surface area contributed by atoms with E-state index in [2.05, 4.69) is 210 Å². The molecular weight excluding hydrogens is 925 g/mol. The average molecular weight is 1010 g/mol. The van der Waals surface area contributed by atoms with Gasteiger partial charge in [-0.3, -0.25) is 0 Å². The predicted molar refractivity (Wildman–Crippen MR) is 266 cm³/mol. The van der Waals surface area contributed by atoms with Crippen LogP contribution in [0.3, 0.4) is 0 Å². The molecule has 0 aliphatic rings. The number of hydrogen-bond donors (Lipinski definition) is 0. The van der Waals surface area contributed by atoms with Gasteiger partial charge in [-0.15, -0.1) is 5.69 Å². The molecule has 0 heterocycles. The van der Waals surface area contributed by atoms with Crippen LogP contribution in [0, 0.1) is 6.07 Å². The van der Waals surface area contributed by atoms with E-state index < -0.39 is 48.4 Å². The largest absolute Gasteiger partial charge is 1.00 e.